The summed E-state index contributed by atoms with van der Waals surface area (Å²) < 4.78 is 26.9. The Balaban J connectivity index is 3.06. The van der Waals surface area contributed by atoms with E-state index in [0.717, 1.165) is 6.42 Å². The molecule has 0 amide bonds. The van der Waals surface area contributed by atoms with Crippen LogP contribution in [0.2, 0.25) is 0 Å². The second-order valence-electron chi connectivity index (χ2n) is 5.21. The highest BCUT2D eigenvalue weighted by Crippen LogP contribution is 2.21. The molecule has 19 heavy (non-hydrogen) atoms. The minimum atomic E-state index is -3.69. The van der Waals surface area contributed by atoms with E-state index in [-0.39, 0.29) is 15.9 Å². The van der Waals surface area contributed by atoms with Crippen molar-refractivity contribution in [2.75, 3.05) is 12.3 Å². The molecule has 0 saturated carbocycles. The third-order valence-electron chi connectivity index (χ3n) is 3.11. The number of benzene rings is 1. The summed E-state index contributed by atoms with van der Waals surface area (Å²) in [5.74, 6) is 0. The molecule has 0 bridgehead atoms. The van der Waals surface area contributed by atoms with Crippen LogP contribution in [0, 0.1) is 16.7 Å². The SMILES string of the molecule is CCC(C)(C)CNS(=O)(=O)c1ccc(N)cc1C#N. The maximum atomic E-state index is 12.2. The number of anilines is 1. The molecule has 5 nitrogen and oxygen atoms in total. The zero-order valence-electron chi connectivity index (χ0n) is 11.4. The van der Waals surface area contributed by atoms with Gasteiger partial charge in [-0.25, -0.2) is 13.1 Å². The first-order valence-electron chi connectivity index (χ1n) is 6.01. The highest BCUT2D eigenvalue weighted by atomic mass is 32.2. The van der Waals surface area contributed by atoms with Crippen LogP contribution in [0.25, 0.3) is 0 Å². The molecule has 6 heteroatoms. The molecule has 1 rings (SSSR count). The fourth-order valence-corrected chi connectivity index (χ4v) is 2.74. The summed E-state index contributed by atoms with van der Waals surface area (Å²) in [6, 6.07) is 6.04. The van der Waals surface area contributed by atoms with Gasteiger partial charge in [-0.3, -0.25) is 0 Å². The molecule has 0 aliphatic carbocycles. The van der Waals surface area contributed by atoms with Gasteiger partial charge in [0, 0.05) is 12.2 Å². The van der Waals surface area contributed by atoms with Gasteiger partial charge in [-0.05, 0) is 30.0 Å². The molecule has 0 unspecified atom stereocenters. The van der Waals surface area contributed by atoms with E-state index in [4.69, 9.17) is 11.0 Å². The molecular weight excluding hydrogens is 262 g/mol. The van der Waals surface area contributed by atoms with Crippen molar-refractivity contribution in [2.45, 2.75) is 32.1 Å². The second kappa shape index (κ2) is 5.59. The number of nitrogens with two attached hydrogens (primary N) is 1. The summed E-state index contributed by atoms with van der Waals surface area (Å²) in [7, 11) is -3.69. The zero-order valence-corrected chi connectivity index (χ0v) is 12.2. The minimum Gasteiger partial charge on any atom is -0.399 e. The average Bonchev–Trinajstić information content (AvgIpc) is 2.36. The predicted octanol–water partition coefficient (Wildman–Crippen LogP) is 1.85. The Morgan fingerprint density at radius 2 is 2.05 bits per heavy atom. The molecule has 1 aromatic rings. The van der Waals surface area contributed by atoms with Crippen molar-refractivity contribution < 1.29 is 8.42 Å². The number of sulfonamides is 1. The third kappa shape index (κ3) is 3.94. The van der Waals surface area contributed by atoms with Crippen molar-refractivity contribution in [1.82, 2.24) is 4.72 Å². The van der Waals surface area contributed by atoms with Gasteiger partial charge in [0.15, 0.2) is 0 Å². The van der Waals surface area contributed by atoms with Crippen LogP contribution in [0.4, 0.5) is 5.69 Å². The second-order valence-corrected chi connectivity index (χ2v) is 6.95. The van der Waals surface area contributed by atoms with Gasteiger partial charge in [-0.15, -0.1) is 0 Å². The van der Waals surface area contributed by atoms with Crippen LogP contribution in [-0.4, -0.2) is 15.0 Å². The van der Waals surface area contributed by atoms with E-state index in [1.807, 2.05) is 26.8 Å². The highest BCUT2D eigenvalue weighted by Gasteiger charge is 2.23. The molecule has 3 N–H and O–H groups in total. The smallest absolute Gasteiger partial charge is 0.241 e. The van der Waals surface area contributed by atoms with Crippen molar-refractivity contribution in [2.24, 2.45) is 5.41 Å². The molecule has 0 radical (unpaired) electrons. The summed E-state index contributed by atoms with van der Waals surface area (Å²) >= 11 is 0. The summed E-state index contributed by atoms with van der Waals surface area (Å²) in [5.41, 5.74) is 5.84. The van der Waals surface area contributed by atoms with E-state index in [2.05, 4.69) is 4.72 Å². The van der Waals surface area contributed by atoms with Crippen LogP contribution in [0.1, 0.15) is 32.8 Å². The Bertz CT molecular complexity index is 601. The van der Waals surface area contributed by atoms with Crippen LogP contribution < -0.4 is 10.5 Å². The molecule has 104 valence electrons. The first-order chi connectivity index (χ1) is 8.72. The van der Waals surface area contributed by atoms with Crippen molar-refractivity contribution >= 4 is 15.7 Å². The Hall–Kier alpha value is -1.58. The summed E-state index contributed by atoms with van der Waals surface area (Å²) in [6.07, 6.45) is 0.850. The predicted molar refractivity (Wildman–Crippen MR) is 74.8 cm³/mol. The van der Waals surface area contributed by atoms with E-state index in [9.17, 15) is 8.42 Å². The lowest BCUT2D eigenvalue weighted by Gasteiger charge is -2.22. The van der Waals surface area contributed by atoms with Crippen LogP contribution in [-0.2, 0) is 10.0 Å². The van der Waals surface area contributed by atoms with Gasteiger partial charge in [0.1, 0.15) is 6.07 Å². The molecule has 0 heterocycles. The molecule has 0 spiro atoms. The maximum absolute atomic E-state index is 12.2. The van der Waals surface area contributed by atoms with Crippen LogP contribution in [0.15, 0.2) is 23.1 Å². The topological polar surface area (TPSA) is 96.0 Å². The van der Waals surface area contributed by atoms with Crippen molar-refractivity contribution in [1.29, 1.82) is 5.26 Å². The lowest BCUT2D eigenvalue weighted by atomic mass is 9.91. The summed E-state index contributed by atoms with van der Waals surface area (Å²) in [4.78, 5) is -0.0314. The molecule has 0 aromatic heterocycles. The number of hydrogen-bond donors (Lipinski definition) is 2. The zero-order chi connectivity index (χ0) is 14.7. The van der Waals surface area contributed by atoms with Gasteiger partial charge in [0.25, 0.3) is 0 Å². The number of nitrogens with one attached hydrogen (secondary N) is 1. The van der Waals surface area contributed by atoms with E-state index >= 15 is 0 Å². The maximum Gasteiger partial charge on any atom is 0.241 e. The average molecular weight is 281 g/mol. The summed E-state index contributed by atoms with van der Waals surface area (Å²) in [5, 5.41) is 8.98. The number of nitriles is 1. The molecule has 0 atom stereocenters. The lowest BCUT2D eigenvalue weighted by molar-refractivity contribution is 0.350. The molecule has 0 fully saturated rings. The Labute approximate surface area is 114 Å². The largest absolute Gasteiger partial charge is 0.399 e. The van der Waals surface area contributed by atoms with Gasteiger partial charge in [0.05, 0.1) is 10.5 Å². The molecule has 0 aliphatic heterocycles. The minimum absolute atomic E-state index is 0.0314. The highest BCUT2D eigenvalue weighted by molar-refractivity contribution is 7.89. The van der Waals surface area contributed by atoms with Gasteiger partial charge in [-0.1, -0.05) is 20.8 Å². The fraction of sp³-hybridized carbons (Fsp3) is 0.462. The summed E-state index contributed by atoms with van der Waals surface area (Å²) in [6.45, 7) is 6.27. The number of hydrogen-bond acceptors (Lipinski definition) is 4. The van der Waals surface area contributed by atoms with Crippen LogP contribution >= 0.6 is 0 Å². The normalized spacial score (nSPS) is 12.1. The third-order valence-corrected chi connectivity index (χ3v) is 4.57. The van der Waals surface area contributed by atoms with E-state index in [1.54, 1.807) is 0 Å². The van der Waals surface area contributed by atoms with Crippen LogP contribution in [0.3, 0.4) is 0 Å². The van der Waals surface area contributed by atoms with Gasteiger partial charge in [-0.2, -0.15) is 5.26 Å². The fourth-order valence-electron chi connectivity index (χ4n) is 1.36. The van der Waals surface area contributed by atoms with Gasteiger partial charge in [0.2, 0.25) is 10.0 Å². The van der Waals surface area contributed by atoms with Crippen molar-refractivity contribution in [3.05, 3.63) is 23.8 Å². The Morgan fingerprint density at radius 1 is 1.42 bits per heavy atom. The first-order valence-corrected chi connectivity index (χ1v) is 7.49. The Kier molecular flexibility index (Phi) is 4.56. The monoisotopic (exact) mass is 281 g/mol. The standard InChI is InChI=1S/C13H19N3O2S/c1-4-13(2,3)9-16-19(17,18)12-6-5-11(15)7-10(12)8-14/h5-7,16H,4,9,15H2,1-3H3. The number of rotatable bonds is 5. The Morgan fingerprint density at radius 3 is 2.58 bits per heavy atom. The van der Waals surface area contributed by atoms with E-state index in [0.29, 0.717) is 12.2 Å². The molecule has 1 aromatic carbocycles. The molecular formula is C13H19N3O2S. The number of nitrogens with zero attached hydrogens (tertiary/aromatic N) is 1. The quantitative estimate of drug-likeness (QED) is 0.805. The van der Waals surface area contributed by atoms with Crippen molar-refractivity contribution in [3.63, 3.8) is 0 Å². The van der Waals surface area contributed by atoms with E-state index < -0.39 is 10.0 Å². The first kappa shape index (κ1) is 15.5. The van der Waals surface area contributed by atoms with Gasteiger partial charge >= 0.3 is 0 Å². The van der Waals surface area contributed by atoms with Crippen molar-refractivity contribution in [3.8, 4) is 6.07 Å². The van der Waals surface area contributed by atoms with Gasteiger partial charge < -0.3 is 5.73 Å². The molecule has 0 aliphatic rings. The van der Waals surface area contributed by atoms with Crippen LogP contribution in [0.5, 0.6) is 0 Å². The number of nitrogen functional groups attached to an aromatic ring is 1. The molecule has 0 saturated heterocycles. The lowest BCUT2D eigenvalue weighted by Crippen LogP contribution is -2.34. The van der Waals surface area contributed by atoms with E-state index in [1.165, 1.54) is 18.2 Å².